The van der Waals surface area contributed by atoms with Crippen molar-refractivity contribution < 1.29 is 9.90 Å². The standard InChI is InChI=1S/C8H10O2/c1-2-3-6-7(9)4-5-8(6)10/h2,9H,1,3-5H2. The average Bonchev–Trinajstić information content (AvgIpc) is 2.20. The molecule has 1 rings (SSSR count). The molecule has 0 aromatic rings. The number of carbonyl (C=O) groups excluding carboxylic acids is 1. The summed E-state index contributed by atoms with van der Waals surface area (Å²) in [6, 6.07) is 0. The van der Waals surface area contributed by atoms with Crippen LogP contribution in [0.4, 0.5) is 0 Å². The Morgan fingerprint density at radius 1 is 1.60 bits per heavy atom. The van der Waals surface area contributed by atoms with E-state index in [2.05, 4.69) is 6.58 Å². The van der Waals surface area contributed by atoms with Crippen molar-refractivity contribution >= 4 is 5.78 Å². The van der Waals surface area contributed by atoms with Gasteiger partial charge in [0.05, 0.1) is 5.76 Å². The van der Waals surface area contributed by atoms with Gasteiger partial charge in [-0.05, 0) is 6.42 Å². The number of carbonyl (C=O) groups is 1. The lowest BCUT2D eigenvalue weighted by atomic mass is 10.1. The van der Waals surface area contributed by atoms with Gasteiger partial charge in [-0.1, -0.05) is 6.08 Å². The van der Waals surface area contributed by atoms with Crippen LogP contribution in [-0.4, -0.2) is 10.9 Å². The summed E-state index contributed by atoms with van der Waals surface area (Å²) in [5.41, 5.74) is 0.551. The maximum Gasteiger partial charge on any atom is 0.162 e. The summed E-state index contributed by atoms with van der Waals surface area (Å²) in [6.07, 6.45) is 3.12. The molecule has 2 heteroatoms. The first kappa shape index (κ1) is 7.06. The van der Waals surface area contributed by atoms with Crippen LogP contribution in [0.25, 0.3) is 0 Å². The Labute approximate surface area is 59.9 Å². The first-order valence-corrected chi connectivity index (χ1v) is 3.30. The highest BCUT2D eigenvalue weighted by atomic mass is 16.3. The van der Waals surface area contributed by atoms with Crippen LogP contribution in [0.3, 0.4) is 0 Å². The molecule has 0 spiro atoms. The maximum atomic E-state index is 10.9. The average molecular weight is 138 g/mol. The topological polar surface area (TPSA) is 37.3 Å². The van der Waals surface area contributed by atoms with Crippen molar-refractivity contribution in [1.29, 1.82) is 0 Å². The van der Waals surface area contributed by atoms with Gasteiger partial charge in [-0.3, -0.25) is 4.79 Å². The lowest BCUT2D eigenvalue weighted by Crippen LogP contribution is -1.94. The van der Waals surface area contributed by atoms with E-state index in [0.717, 1.165) is 0 Å². The molecular formula is C8H10O2. The van der Waals surface area contributed by atoms with Gasteiger partial charge in [-0.15, -0.1) is 6.58 Å². The van der Waals surface area contributed by atoms with E-state index >= 15 is 0 Å². The Kier molecular flexibility index (Phi) is 1.90. The summed E-state index contributed by atoms with van der Waals surface area (Å²) in [5, 5.41) is 9.10. The number of hydrogen-bond acceptors (Lipinski definition) is 2. The van der Waals surface area contributed by atoms with Gasteiger partial charge in [0.15, 0.2) is 5.78 Å². The molecule has 0 aromatic heterocycles. The quantitative estimate of drug-likeness (QED) is 0.590. The zero-order chi connectivity index (χ0) is 7.56. The fourth-order valence-corrected chi connectivity index (χ4v) is 1.07. The summed E-state index contributed by atoms with van der Waals surface area (Å²) in [7, 11) is 0. The molecule has 2 nitrogen and oxygen atoms in total. The summed E-state index contributed by atoms with van der Waals surface area (Å²) in [5.74, 6) is 0.322. The first-order chi connectivity index (χ1) is 4.75. The molecule has 0 aromatic carbocycles. The Morgan fingerprint density at radius 2 is 2.30 bits per heavy atom. The number of aliphatic hydroxyl groups is 1. The fourth-order valence-electron chi connectivity index (χ4n) is 1.07. The molecule has 0 fully saturated rings. The summed E-state index contributed by atoms with van der Waals surface area (Å²) in [6.45, 7) is 3.50. The van der Waals surface area contributed by atoms with Crippen molar-refractivity contribution in [2.24, 2.45) is 0 Å². The van der Waals surface area contributed by atoms with E-state index in [9.17, 15) is 4.79 Å². The number of ketones is 1. The molecule has 0 amide bonds. The highest BCUT2D eigenvalue weighted by molar-refractivity contribution is 5.98. The van der Waals surface area contributed by atoms with Crippen LogP contribution in [-0.2, 0) is 4.79 Å². The van der Waals surface area contributed by atoms with Crippen LogP contribution in [0.1, 0.15) is 19.3 Å². The van der Waals surface area contributed by atoms with Crippen molar-refractivity contribution in [3.05, 3.63) is 24.0 Å². The number of aliphatic hydroxyl groups excluding tert-OH is 1. The van der Waals surface area contributed by atoms with Gasteiger partial charge >= 0.3 is 0 Å². The summed E-state index contributed by atoms with van der Waals surface area (Å²) in [4.78, 5) is 10.9. The molecule has 1 N–H and O–H groups in total. The fraction of sp³-hybridized carbons (Fsp3) is 0.375. The minimum atomic E-state index is 0.0670. The Balaban J connectivity index is 2.77. The van der Waals surface area contributed by atoms with Gasteiger partial charge in [0.1, 0.15) is 0 Å². The second-order valence-electron chi connectivity index (χ2n) is 2.34. The lowest BCUT2D eigenvalue weighted by molar-refractivity contribution is -0.114. The monoisotopic (exact) mass is 138 g/mol. The highest BCUT2D eigenvalue weighted by Gasteiger charge is 2.20. The van der Waals surface area contributed by atoms with Gasteiger partial charge in [0.2, 0.25) is 0 Å². The van der Waals surface area contributed by atoms with Gasteiger partial charge in [-0.2, -0.15) is 0 Å². The molecule has 1 aliphatic carbocycles. The third-order valence-corrected chi connectivity index (χ3v) is 1.62. The summed E-state index contributed by atoms with van der Waals surface area (Å²) < 4.78 is 0. The molecule has 10 heavy (non-hydrogen) atoms. The van der Waals surface area contributed by atoms with Crippen LogP contribution < -0.4 is 0 Å². The van der Waals surface area contributed by atoms with Crippen molar-refractivity contribution in [2.45, 2.75) is 19.3 Å². The van der Waals surface area contributed by atoms with Crippen molar-refractivity contribution in [1.82, 2.24) is 0 Å². The van der Waals surface area contributed by atoms with E-state index < -0.39 is 0 Å². The molecule has 0 aliphatic heterocycles. The maximum absolute atomic E-state index is 10.9. The van der Waals surface area contributed by atoms with Crippen LogP contribution in [0, 0.1) is 0 Å². The molecule has 0 saturated heterocycles. The molecule has 0 bridgehead atoms. The van der Waals surface area contributed by atoms with Crippen molar-refractivity contribution in [3.63, 3.8) is 0 Å². The van der Waals surface area contributed by atoms with E-state index in [-0.39, 0.29) is 11.5 Å². The number of Topliss-reactive ketones (excluding diaryl/α,β-unsaturated/α-hetero) is 1. The van der Waals surface area contributed by atoms with E-state index in [4.69, 9.17) is 5.11 Å². The minimum absolute atomic E-state index is 0.0670. The van der Waals surface area contributed by atoms with Crippen LogP contribution in [0.15, 0.2) is 24.0 Å². The van der Waals surface area contributed by atoms with Gasteiger partial charge < -0.3 is 5.11 Å². The third-order valence-electron chi connectivity index (χ3n) is 1.62. The molecule has 0 unspecified atom stereocenters. The van der Waals surface area contributed by atoms with Gasteiger partial charge in [0.25, 0.3) is 0 Å². The minimum Gasteiger partial charge on any atom is -0.512 e. The molecule has 0 radical (unpaired) electrons. The third kappa shape index (κ3) is 1.10. The van der Waals surface area contributed by atoms with E-state index in [1.807, 2.05) is 0 Å². The van der Waals surface area contributed by atoms with Crippen molar-refractivity contribution in [2.75, 3.05) is 0 Å². The second kappa shape index (κ2) is 2.69. The second-order valence-corrected chi connectivity index (χ2v) is 2.34. The highest BCUT2D eigenvalue weighted by Crippen LogP contribution is 2.22. The van der Waals surface area contributed by atoms with E-state index in [0.29, 0.717) is 24.8 Å². The zero-order valence-corrected chi connectivity index (χ0v) is 5.76. The Hall–Kier alpha value is -1.05. The predicted molar refractivity (Wildman–Crippen MR) is 38.7 cm³/mol. The van der Waals surface area contributed by atoms with E-state index in [1.54, 1.807) is 6.08 Å². The first-order valence-electron chi connectivity index (χ1n) is 3.30. The largest absolute Gasteiger partial charge is 0.512 e. The molecule has 0 saturated carbocycles. The smallest absolute Gasteiger partial charge is 0.162 e. The number of rotatable bonds is 2. The zero-order valence-electron chi connectivity index (χ0n) is 5.76. The van der Waals surface area contributed by atoms with Gasteiger partial charge in [-0.25, -0.2) is 0 Å². The molecule has 0 atom stereocenters. The Bertz CT molecular complexity index is 201. The van der Waals surface area contributed by atoms with Crippen LogP contribution >= 0.6 is 0 Å². The number of hydrogen-bond donors (Lipinski definition) is 1. The molecule has 0 heterocycles. The van der Waals surface area contributed by atoms with E-state index in [1.165, 1.54) is 0 Å². The van der Waals surface area contributed by atoms with Crippen molar-refractivity contribution in [3.8, 4) is 0 Å². The number of allylic oxidation sites excluding steroid dienone is 3. The molecule has 1 aliphatic rings. The molecule has 54 valence electrons. The van der Waals surface area contributed by atoms with Crippen LogP contribution in [0.2, 0.25) is 0 Å². The lowest BCUT2D eigenvalue weighted by Gasteiger charge is -1.93. The summed E-state index contributed by atoms with van der Waals surface area (Å²) >= 11 is 0. The molecular weight excluding hydrogens is 128 g/mol. The Morgan fingerprint density at radius 3 is 2.70 bits per heavy atom. The van der Waals surface area contributed by atoms with Gasteiger partial charge in [0, 0.05) is 18.4 Å². The predicted octanol–water partition coefficient (Wildman–Crippen LogP) is 1.74. The SMILES string of the molecule is C=CCC1=C(O)CCC1=O. The van der Waals surface area contributed by atoms with Crippen LogP contribution in [0.5, 0.6) is 0 Å². The normalized spacial score (nSPS) is 18.2.